The molecule has 1 amide bonds. The Morgan fingerprint density at radius 2 is 2.09 bits per heavy atom. The zero-order valence-electron chi connectivity index (χ0n) is 16.9. The number of aromatic nitrogens is 2. The number of amides is 1. The Morgan fingerprint density at radius 3 is 2.81 bits per heavy atom. The predicted molar refractivity (Wildman–Crippen MR) is 108 cm³/mol. The van der Waals surface area contributed by atoms with Crippen LogP contribution in [-0.2, 0) is 6.54 Å². The van der Waals surface area contributed by atoms with E-state index in [4.69, 9.17) is 5.11 Å². The maximum absolute atomic E-state index is 12.7. The molecule has 172 valence electrons. The standard InChI is InChI=1S/C20H22F3N5O4/c21-20(22,23)32-17-4-2-1-3-14(17)11-28-16-12-27(8-6-15(16)25-18(28)29)24-9-13-5-7-26(10-13)19(30)31/h1-4,6,12-13,24H,5,7-11H2,(H,25,29)(H,30,31). The number of benzene rings is 1. The van der Waals surface area contributed by atoms with Gasteiger partial charge in [-0.05, 0) is 24.5 Å². The molecule has 1 atom stereocenters. The molecule has 32 heavy (non-hydrogen) atoms. The lowest BCUT2D eigenvalue weighted by Crippen LogP contribution is -2.46. The number of H-pyrrole nitrogens is 1. The van der Waals surface area contributed by atoms with Crippen molar-refractivity contribution < 1.29 is 27.8 Å². The van der Waals surface area contributed by atoms with Crippen molar-refractivity contribution in [1.29, 1.82) is 0 Å². The van der Waals surface area contributed by atoms with Gasteiger partial charge < -0.3 is 24.7 Å². The lowest BCUT2D eigenvalue weighted by molar-refractivity contribution is -0.274. The summed E-state index contributed by atoms with van der Waals surface area (Å²) in [6, 6.07) is 5.69. The van der Waals surface area contributed by atoms with Crippen LogP contribution < -0.4 is 26.6 Å². The molecule has 3 N–H and O–H groups in total. The van der Waals surface area contributed by atoms with Crippen molar-refractivity contribution in [2.75, 3.05) is 26.2 Å². The molecule has 0 radical (unpaired) electrons. The molecule has 2 aromatic rings. The number of halogens is 3. The summed E-state index contributed by atoms with van der Waals surface area (Å²) in [5.74, 6) is -0.193. The van der Waals surface area contributed by atoms with Gasteiger partial charge in [-0.2, -0.15) is 0 Å². The van der Waals surface area contributed by atoms with Crippen LogP contribution in [0.2, 0.25) is 0 Å². The van der Waals surface area contributed by atoms with Crippen molar-refractivity contribution in [1.82, 2.24) is 24.9 Å². The fraction of sp³-hybridized carbons (Fsp3) is 0.400. The van der Waals surface area contributed by atoms with E-state index >= 15 is 0 Å². The number of fused-ring (bicyclic) bond motifs is 1. The fourth-order valence-corrected chi connectivity index (χ4v) is 3.90. The van der Waals surface area contributed by atoms with Crippen molar-refractivity contribution in [3.8, 4) is 5.75 Å². The van der Waals surface area contributed by atoms with E-state index in [1.807, 2.05) is 0 Å². The number of aromatic amines is 1. The maximum Gasteiger partial charge on any atom is 0.573 e. The number of hydrogen-bond donors (Lipinski definition) is 3. The van der Waals surface area contributed by atoms with Gasteiger partial charge in [0.1, 0.15) is 5.75 Å². The number of rotatable bonds is 6. The van der Waals surface area contributed by atoms with Crippen LogP contribution in [-0.4, -0.2) is 63.2 Å². The average Bonchev–Trinajstić information content (AvgIpc) is 3.32. The lowest BCUT2D eigenvalue weighted by Gasteiger charge is -2.24. The first-order valence-corrected chi connectivity index (χ1v) is 10.0. The molecule has 1 aromatic heterocycles. The van der Waals surface area contributed by atoms with E-state index in [-0.39, 0.29) is 23.8 Å². The van der Waals surface area contributed by atoms with Crippen LogP contribution in [0.3, 0.4) is 0 Å². The van der Waals surface area contributed by atoms with Crippen LogP contribution >= 0.6 is 0 Å². The average molecular weight is 453 g/mol. The summed E-state index contributed by atoms with van der Waals surface area (Å²) >= 11 is 0. The minimum absolute atomic E-state index is 0.106. The van der Waals surface area contributed by atoms with Gasteiger partial charge in [0, 0.05) is 31.4 Å². The molecule has 2 aliphatic rings. The number of carbonyl (C=O) groups is 1. The van der Waals surface area contributed by atoms with E-state index in [0.29, 0.717) is 36.9 Å². The van der Waals surface area contributed by atoms with Gasteiger partial charge in [0.15, 0.2) is 0 Å². The second kappa shape index (κ2) is 8.61. The summed E-state index contributed by atoms with van der Waals surface area (Å²) < 4.78 is 43.6. The summed E-state index contributed by atoms with van der Waals surface area (Å²) in [4.78, 5) is 27.6. The molecule has 1 fully saturated rings. The Labute approximate surface area is 180 Å². The predicted octanol–water partition coefficient (Wildman–Crippen LogP) is 0.462. The summed E-state index contributed by atoms with van der Waals surface area (Å²) in [6.45, 7) is 1.87. The molecule has 1 saturated heterocycles. The van der Waals surface area contributed by atoms with Crippen LogP contribution in [0.1, 0.15) is 12.0 Å². The molecule has 4 rings (SSSR count). The molecular formula is C20H22F3N5O4. The Morgan fingerprint density at radius 1 is 1.31 bits per heavy atom. The highest BCUT2D eigenvalue weighted by Gasteiger charge is 2.32. The monoisotopic (exact) mass is 453 g/mol. The van der Waals surface area contributed by atoms with Gasteiger partial charge in [-0.1, -0.05) is 18.2 Å². The van der Waals surface area contributed by atoms with Gasteiger partial charge >= 0.3 is 18.1 Å². The van der Waals surface area contributed by atoms with Gasteiger partial charge in [-0.3, -0.25) is 4.57 Å². The molecular weight excluding hydrogens is 431 g/mol. The van der Waals surface area contributed by atoms with Crippen molar-refractivity contribution in [2.45, 2.75) is 19.3 Å². The van der Waals surface area contributed by atoms with Gasteiger partial charge in [0.25, 0.3) is 0 Å². The lowest BCUT2D eigenvalue weighted by atomic mass is 10.1. The summed E-state index contributed by atoms with van der Waals surface area (Å²) in [7, 11) is 0. The zero-order valence-corrected chi connectivity index (χ0v) is 16.9. The number of nitrogens with zero attached hydrogens (tertiary/aromatic N) is 3. The van der Waals surface area contributed by atoms with E-state index < -0.39 is 18.1 Å². The first-order valence-electron chi connectivity index (χ1n) is 10.0. The highest BCUT2D eigenvalue weighted by Crippen LogP contribution is 2.26. The van der Waals surface area contributed by atoms with Crippen LogP contribution in [0.4, 0.5) is 18.0 Å². The van der Waals surface area contributed by atoms with Gasteiger partial charge in [0.05, 0.1) is 23.8 Å². The third-order valence-electron chi connectivity index (χ3n) is 5.49. The van der Waals surface area contributed by atoms with Crippen LogP contribution in [0, 0.1) is 5.92 Å². The molecule has 0 bridgehead atoms. The second-order valence-corrected chi connectivity index (χ2v) is 7.70. The van der Waals surface area contributed by atoms with Crippen LogP contribution in [0.5, 0.6) is 5.75 Å². The third kappa shape index (κ3) is 4.90. The van der Waals surface area contributed by atoms with Gasteiger partial charge in [0.2, 0.25) is 0 Å². The van der Waals surface area contributed by atoms with E-state index in [1.165, 1.54) is 27.7 Å². The van der Waals surface area contributed by atoms with E-state index in [0.717, 1.165) is 6.42 Å². The quantitative estimate of drug-likeness (QED) is 0.588. The molecule has 2 aliphatic heterocycles. The number of nitrogens with one attached hydrogen (secondary N) is 2. The maximum atomic E-state index is 12.7. The number of hydrazine groups is 1. The first kappa shape index (κ1) is 21.8. The summed E-state index contributed by atoms with van der Waals surface area (Å²) in [5.41, 5.74) is 3.00. The number of imidazole rings is 1. The Balaban J connectivity index is 1.52. The Kier molecular flexibility index (Phi) is 5.87. The largest absolute Gasteiger partial charge is 0.573 e. The van der Waals surface area contributed by atoms with E-state index in [1.54, 1.807) is 23.4 Å². The number of hydrogen-bond acceptors (Lipinski definition) is 5. The molecule has 1 unspecified atom stereocenters. The smallest absolute Gasteiger partial charge is 0.465 e. The number of alkyl halides is 3. The van der Waals surface area contributed by atoms with Crippen molar-refractivity contribution in [3.63, 3.8) is 0 Å². The molecule has 9 nitrogen and oxygen atoms in total. The minimum Gasteiger partial charge on any atom is -0.465 e. The highest BCUT2D eigenvalue weighted by atomic mass is 19.4. The SMILES string of the molecule is O=C(O)N1CCC(CNN2C=c3c([nH]c(=O)n3Cc3ccccc3OC(F)(F)F)=CC2)C1. The Bertz CT molecular complexity index is 1170. The first-order chi connectivity index (χ1) is 15.2. The number of likely N-dealkylation sites (tertiary alicyclic amines) is 1. The summed E-state index contributed by atoms with van der Waals surface area (Å²) in [6.07, 6.45) is -1.50. The van der Waals surface area contributed by atoms with Crippen LogP contribution in [0.15, 0.2) is 29.1 Å². The normalized spacial score (nSPS) is 18.2. The number of para-hydroxylation sites is 1. The minimum atomic E-state index is -4.84. The molecule has 12 heteroatoms. The number of ether oxygens (including phenoxy) is 1. The molecule has 3 heterocycles. The van der Waals surface area contributed by atoms with Crippen LogP contribution in [0.25, 0.3) is 12.3 Å². The second-order valence-electron chi connectivity index (χ2n) is 7.70. The highest BCUT2D eigenvalue weighted by molar-refractivity contribution is 5.65. The van der Waals surface area contributed by atoms with Gasteiger partial charge in [-0.25, -0.2) is 15.0 Å². The van der Waals surface area contributed by atoms with E-state index in [2.05, 4.69) is 15.1 Å². The molecule has 1 aromatic carbocycles. The van der Waals surface area contributed by atoms with Gasteiger partial charge in [-0.15, -0.1) is 13.2 Å². The van der Waals surface area contributed by atoms with Crippen molar-refractivity contribution >= 4 is 18.4 Å². The Hall–Kier alpha value is -3.41. The molecule has 0 aliphatic carbocycles. The zero-order chi connectivity index (χ0) is 22.9. The fourth-order valence-electron chi connectivity index (χ4n) is 3.90. The topological polar surface area (TPSA) is 103 Å². The molecule has 0 saturated carbocycles. The number of carboxylic acid groups (broad SMARTS) is 1. The van der Waals surface area contributed by atoms with Crippen molar-refractivity contribution in [2.24, 2.45) is 5.92 Å². The summed E-state index contributed by atoms with van der Waals surface area (Å²) in [5, 5.41) is 11.9. The van der Waals surface area contributed by atoms with E-state index in [9.17, 15) is 22.8 Å². The molecule has 0 spiro atoms. The third-order valence-corrected chi connectivity index (χ3v) is 5.49. The van der Waals surface area contributed by atoms with Crippen molar-refractivity contribution in [3.05, 3.63) is 51.0 Å².